The average Bonchev–Trinajstić information content (AvgIpc) is 2.68. The molecule has 8 heteroatoms. The Labute approximate surface area is 164 Å². The van der Waals surface area contributed by atoms with E-state index in [0.717, 1.165) is 0 Å². The van der Waals surface area contributed by atoms with Crippen LogP contribution in [0.3, 0.4) is 0 Å². The van der Waals surface area contributed by atoms with E-state index in [1.165, 1.54) is 6.92 Å². The van der Waals surface area contributed by atoms with E-state index >= 15 is 0 Å². The molecule has 0 unspecified atom stereocenters. The first-order chi connectivity index (χ1) is 13.2. The van der Waals surface area contributed by atoms with Crippen molar-refractivity contribution in [2.45, 2.75) is 27.7 Å². The highest BCUT2D eigenvalue weighted by atomic mass is 16.5. The molecule has 3 amide bonds. The van der Waals surface area contributed by atoms with Crippen LogP contribution in [-0.4, -0.2) is 66.3 Å². The summed E-state index contributed by atoms with van der Waals surface area (Å²) in [6.07, 6.45) is 0. The van der Waals surface area contributed by atoms with Crippen LogP contribution in [0.1, 0.15) is 38.1 Å². The minimum Gasteiger partial charge on any atom is -0.462 e. The van der Waals surface area contributed by atoms with Crippen LogP contribution in [-0.2, 0) is 19.1 Å². The number of esters is 1. The Kier molecular flexibility index (Phi) is 6.77. The van der Waals surface area contributed by atoms with Crippen molar-refractivity contribution in [3.05, 3.63) is 29.8 Å². The van der Waals surface area contributed by atoms with E-state index in [1.807, 2.05) is 0 Å². The molecule has 0 aliphatic carbocycles. The molecular weight excluding hydrogens is 362 g/mol. The van der Waals surface area contributed by atoms with Crippen molar-refractivity contribution in [2.24, 2.45) is 5.41 Å². The summed E-state index contributed by atoms with van der Waals surface area (Å²) in [5.74, 6) is -1.16. The summed E-state index contributed by atoms with van der Waals surface area (Å²) in [7, 11) is 0. The largest absolute Gasteiger partial charge is 0.462 e. The lowest BCUT2D eigenvalue weighted by atomic mass is 9.89. The van der Waals surface area contributed by atoms with E-state index in [2.05, 4.69) is 5.32 Å². The van der Waals surface area contributed by atoms with Crippen molar-refractivity contribution in [3.63, 3.8) is 0 Å². The molecule has 2 rings (SSSR count). The monoisotopic (exact) mass is 389 g/mol. The summed E-state index contributed by atoms with van der Waals surface area (Å²) < 4.78 is 4.92. The fourth-order valence-electron chi connectivity index (χ4n) is 2.91. The zero-order chi connectivity index (χ0) is 20.9. The number of benzene rings is 1. The number of hydrogen-bond donors (Lipinski definition) is 1. The molecule has 1 N–H and O–H groups in total. The molecule has 0 bridgehead atoms. The number of nitrogens with zero attached hydrogens (tertiary/aromatic N) is 2. The van der Waals surface area contributed by atoms with Crippen LogP contribution in [0.25, 0.3) is 0 Å². The molecule has 152 valence electrons. The number of rotatable bonds is 5. The van der Waals surface area contributed by atoms with E-state index in [4.69, 9.17) is 4.74 Å². The fourth-order valence-corrected chi connectivity index (χ4v) is 2.91. The molecule has 1 saturated heterocycles. The summed E-state index contributed by atoms with van der Waals surface area (Å²) in [6.45, 7) is 8.42. The molecule has 1 aromatic carbocycles. The van der Waals surface area contributed by atoms with Crippen LogP contribution in [0.15, 0.2) is 24.3 Å². The van der Waals surface area contributed by atoms with Gasteiger partial charge in [0.25, 0.3) is 0 Å². The predicted octanol–water partition coefficient (Wildman–Crippen LogP) is 1.52. The average molecular weight is 389 g/mol. The van der Waals surface area contributed by atoms with Gasteiger partial charge < -0.3 is 19.9 Å². The van der Waals surface area contributed by atoms with E-state index in [1.54, 1.807) is 54.8 Å². The van der Waals surface area contributed by atoms with Gasteiger partial charge in [-0.05, 0) is 45.0 Å². The maximum atomic E-state index is 12.8. The van der Waals surface area contributed by atoms with Gasteiger partial charge >= 0.3 is 5.97 Å². The standard InChI is InChI=1S/C20H27N3O5/c1-5-28-17(25)15-6-8-16(9-7-15)21-18(26)20(3,4)19(27)23-12-10-22(11-13-23)14(2)24/h6-9H,5,10-13H2,1-4H3,(H,21,26). The molecule has 1 heterocycles. The summed E-state index contributed by atoms with van der Waals surface area (Å²) in [6, 6.07) is 6.31. The lowest BCUT2D eigenvalue weighted by molar-refractivity contribution is -0.149. The van der Waals surface area contributed by atoms with Gasteiger partial charge in [-0.1, -0.05) is 0 Å². The molecule has 0 spiro atoms. The number of ether oxygens (including phenoxy) is 1. The zero-order valence-corrected chi connectivity index (χ0v) is 16.8. The Hall–Kier alpha value is -2.90. The number of carbonyl (C=O) groups is 4. The van der Waals surface area contributed by atoms with E-state index < -0.39 is 17.3 Å². The second kappa shape index (κ2) is 8.86. The van der Waals surface area contributed by atoms with Crippen molar-refractivity contribution < 1.29 is 23.9 Å². The topological polar surface area (TPSA) is 96.0 Å². The zero-order valence-electron chi connectivity index (χ0n) is 16.8. The Balaban J connectivity index is 1.99. The van der Waals surface area contributed by atoms with Gasteiger partial charge in [0.2, 0.25) is 17.7 Å². The SMILES string of the molecule is CCOC(=O)c1ccc(NC(=O)C(C)(C)C(=O)N2CCN(C(C)=O)CC2)cc1. The first-order valence-electron chi connectivity index (χ1n) is 9.30. The Morgan fingerprint density at radius 1 is 1.00 bits per heavy atom. The fraction of sp³-hybridized carbons (Fsp3) is 0.500. The highest BCUT2D eigenvalue weighted by molar-refractivity contribution is 6.10. The van der Waals surface area contributed by atoms with Gasteiger partial charge in [0, 0.05) is 38.8 Å². The van der Waals surface area contributed by atoms with E-state index in [9.17, 15) is 19.2 Å². The van der Waals surface area contributed by atoms with Crippen LogP contribution >= 0.6 is 0 Å². The van der Waals surface area contributed by atoms with Crippen LogP contribution in [0.4, 0.5) is 5.69 Å². The number of hydrogen-bond acceptors (Lipinski definition) is 5. The molecule has 1 aromatic rings. The quantitative estimate of drug-likeness (QED) is 0.608. The molecule has 28 heavy (non-hydrogen) atoms. The summed E-state index contributed by atoms with van der Waals surface area (Å²) in [4.78, 5) is 51.9. The number of amides is 3. The van der Waals surface area contributed by atoms with Crippen LogP contribution in [0.2, 0.25) is 0 Å². The van der Waals surface area contributed by atoms with Gasteiger partial charge in [-0.15, -0.1) is 0 Å². The lowest BCUT2D eigenvalue weighted by Gasteiger charge is -2.37. The number of carbonyl (C=O) groups excluding carboxylic acids is 4. The van der Waals surface area contributed by atoms with Crippen LogP contribution in [0, 0.1) is 5.41 Å². The Morgan fingerprint density at radius 2 is 1.54 bits per heavy atom. The second-order valence-corrected chi connectivity index (χ2v) is 7.18. The normalized spacial score (nSPS) is 14.4. The van der Waals surface area contributed by atoms with Gasteiger partial charge in [-0.25, -0.2) is 4.79 Å². The van der Waals surface area contributed by atoms with Gasteiger partial charge in [0.15, 0.2) is 0 Å². The molecule has 0 aromatic heterocycles. The minimum absolute atomic E-state index is 0.0182. The minimum atomic E-state index is -1.27. The van der Waals surface area contributed by atoms with E-state index in [0.29, 0.717) is 37.4 Å². The van der Waals surface area contributed by atoms with Crippen molar-refractivity contribution in [1.29, 1.82) is 0 Å². The first-order valence-corrected chi connectivity index (χ1v) is 9.30. The predicted molar refractivity (Wildman–Crippen MR) is 104 cm³/mol. The molecule has 1 fully saturated rings. The van der Waals surface area contributed by atoms with Gasteiger partial charge in [-0.2, -0.15) is 0 Å². The Morgan fingerprint density at radius 3 is 2.04 bits per heavy atom. The highest BCUT2D eigenvalue weighted by Gasteiger charge is 2.40. The number of anilines is 1. The number of nitrogens with one attached hydrogen (secondary N) is 1. The summed E-state index contributed by atoms with van der Waals surface area (Å²) in [5, 5.41) is 2.72. The van der Waals surface area contributed by atoms with Crippen LogP contribution in [0.5, 0.6) is 0 Å². The van der Waals surface area contributed by atoms with Crippen LogP contribution < -0.4 is 5.32 Å². The third-order valence-electron chi connectivity index (χ3n) is 4.77. The third kappa shape index (κ3) is 4.88. The molecular formula is C20H27N3O5. The molecule has 0 radical (unpaired) electrons. The summed E-state index contributed by atoms with van der Waals surface area (Å²) in [5.41, 5.74) is -0.392. The van der Waals surface area contributed by atoms with Gasteiger partial charge in [0.1, 0.15) is 5.41 Å². The molecule has 1 aliphatic rings. The van der Waals surface area contributed by atoms with E-state index in [-0.39, 0.29) is 18.4 Å². The second-order valence-electron chi connectivity index (χ2n) is 7.18. The lowest BCUT2D eigenvalue weighted by Crippen LogP contribution is -2.55. The van der Waals surface area contributed by atoms with Gasteiger partial charge in [0.05, 0.1) is 12.2 Å². The molecule has 1 aliphatic heterocycles. The van der Waals surface area contributed by atoms with Crippen molar-refractivity contribution >= 4 is 29.4 Å². The Bertz CT molecular complexity index is 750. The maximum absolute atomic E-state index is 12.8. The van der Waals surface area contributed by atoms with Crippen molar-refractivity contribution in [3.8, 4) is 0 Å². The smallest absolute Gasteiger partial charge is 0.338 e. The highest BCUT2D eigenvalue weighted by Crippen LogP contribution is 2.23. The molecule has 0 atom stereocenters. The molecule has 0 saturated carbocycles. The number of piperazine rings is 1. The maximum Gasteiger partial charge on any atom is 0.338 e. The van der Waals surface area contributed by atoms with Crippen molar-refractivity contribution in [1.82, 2.24) is 9.80 Å². The summed E-state index contributed by atoms with van der Waals surface area (Å²) >= 11 is 0. The van der Waals surface area contributed by atoms with Crippen molar-refractivity contribution in [2.75, 3.05) is 38.1 Å². The first kappa shape index (κ1) is 21.4. The third-order valence-corrected chi connectivity index (χ3v) is 4.77. The van der Waals surface area contributed by atoms with Gasteiger partial charge in [-0.3, -0.25) is 14.4 Å². The molecule has 8 nitrogen and oxygen atoms in total.